The molecule has 4 rings (SSSR count). The number of allylic oxidation sites excluding steroid dienone is 1. The van der Waals surface area contributed by atoms with Gasteiger partial charge in [0.15, 0.2) is 11.5 Å². The van der Waals surface area contributed by atoms with Crippen LogP contribution >= 0.6 is 15.9 Å². The van der Waals surface area contributed by atoms with Crippen molar-refractivity contribution in [3.8, 4) is 28.9 Å². The van der Waals surface area contributed by atoms with Crippen molar-refractivity contribution in [1.82, 2.24) is 0 Å². The van der Waals surface area contributed by atoms with Crippen LogP contribution in [0.15, 0.2) is 57.4 Å². The molecule has 0 bridgehead atoms. The van der Waals surface area contributed by atoms with E-state index in [2.05, 4.69) is 22.0 Å². The van der Waals surface area contributed by atoms with Crippen molar-refractivity contribution in [3.05, 3.63) is 74.4 Å². The standard InChI is InChI=1S/C20H11BrN2O5/c21-17-9-14(23(24)25)2-4-16(17)18-6-3-15(28-18)7-13(10-22)12-1-5-19-20(8-12)27-11-26-19/h1-9H,11H2. The van der Waals surface area contributed by atoms with Gasteiger partial charge in [-0.05, 0) is 64.0 Å². The minimum atomic E-state index is -0.463. The van der Waals surface area contributed by atoms with E-state index in [4.69, 9.17) is 13.9 Å². The van der Waals surface area contributed by atoms with Gasteiger partial charge in [-0.2, -0.15) is 5.26 Å². The van der Waals surface area contributed by atoms with Crippen LogP contribution in [0.3, 0.4) is 0 Å². The molecule has 0 amide bonds. The first-order valence-corrected chi connectivity index (χ1v) is 8.90. The average molecular weight is 439 g/mol. The molecule has 2 aromatic carbocycles. The monoisotopic (exact) mass is 438 g/mol. The molecule has 0 saturated carbocycles. The number of fused-ring (bicyclic) bond motifs is 1. The molecule has 1 aliphatic rings. The zero-order valence-corrected chi connectivity index (χ0v) is 15.8. The van der Waals surface area contributed by atoms with Crippen molar-refractivity contribution >= 4 is 33.3 Å². The maximum absolute atomic E-state index is 10.9. The maximum Gasteiger partial charge on any atom is 0.270 e. The number of halogens is 1. The van der Waals surface area contributed by atoms with Gasteiger partial charge in [-0.25, -0.2) is 0 Å². The fraction of sp³-hybridized carbons (Fsp3) is 0.0500. The molecule has 0 spiro atoms. The Morgan fingerprint density at radius 2 is 1.96 bits per heavy atom. The molecule has 3 aromatic rings. The summed E-state index contributed by atoms with van der Waals surface area (Å²) in [6, 6.07) is 15.3. The van der Waals surface area contributed by atoms with E-state index in [9.17, 15) is 15.4 Å². The molecule has 28 heavy (non-hydrogen) atoms. The first kappa shape index (κ1) is 17.8. The Morgan fingerprint density at radius 3 is 2.71 bits per heavy atom. The summed E-state index contributed by atoms with van der Waals surface area (Å²) >= 11 is 3.33. The number of nitriles is 1. The summed E-state index contributed by atoms with van der Waals surface area (Å²) in [5.74, 6) is 2.24. The summed E-state index contributed by atoms with van der Waals surface area (Å²) in [4.78, 5) is 10.4. The van der Waals surface area contributed by atoms with E-state index < -0.39 is 4.92 Å². The van der Waals surface area contributed by atoms with E-state index in [0.29, 0.717) is 44.2 Å². The van der Waals surface area contributed by atoms with Gasteiger partial charge >= 0.3 is 0 Å². The molecule has 0 aliphatic carbocycles. The van der Waals surface area contributed by atoms with Gasteiger partial charge in [0, 0.05) is 22.2 Å². The molecule has 138 valence electrons. The fourth-order valence-corrected chi connectivity index (χ4v) is 3.34. The second-order valence-corrected chi connectivity index (χ2v) is 6.72. The van der Waals surface area contributed by atoms with Gasteiger partial charge in [-0.1, -0.05) is 0 Å². The largest absolute Gasteiger partial charge is 0.457 e. The topological polar surface area (TPSA) is 98.5 Å². The third-order valence-electron chi connectivity index (χ3n) is 4.15. The van der Waals surface area contributed by atoms with E-state index in [1.54, 1.807) is 42.5 Å². The van der Waals surface area contributed by atoms with Crippen LogP contribution in [0.2, 0.25) is 0 Å². The van der Waals surface area contributed by atoms with Crippen LogP contribution < -0.4 is 9.47 Å². The molecule has 0 N–H and O–H groups in total. The van der Waals surface area contributed by atoms with Crippen LogP contribution in [0.4, 0.5) is 5.69 Å². The third-order valence-corrected chi connectivity index (χ3v) is 4.80. The number of ether oxygens (including phenoxy) is 2. The molecule has 1 aromatic heterocycles. The molecule has 0 radical (unpaired) electrons. The average Bonchev–Trinajstić information content (AvgIpc) is 3.34. The minimum Gasteiger partial charge on any atom is -0.457 e. The van der Waals surface area contributed by atoms with Crippen molar-refractivity contribution in [1.29, 1.82) is 5.26 Å². The zero-order chi connectivity index (χ0) is 19.7. The lowest BCUT2D eigenvalue weighted by Gasteiger charge is -2.02. The molecule has 8 heteroatoms. The number of non-ortho nitro benzene ring substituents is 1. The van der Waals surface area contributed by atoms with Gasteiger partial charge in [0.05, 0.1) is 16.6 Å². The second kappa shape index (κ2) is 7.21. The fourth-order valence-electron chi connectivity index (χ4n) is 2.78. The highest BCUT2D eigenvalue weighted by Crippen LogP contribution is 2.36. The van der Waals surface area contributed by atoms with Crippen LogP contribution in [0.25, 0.3) is 23.0 Å². The number of hydrogen-bond acceptors (Lipinski definition) is 6. The van der Waals surface area contributed by atoms with Crippen molar-refractivity contribution in [2.24, 2.45) is 0 Å². The molecule has 0 atom stereocenters. The minimum absolute atomic E-state index is 0.0168. The van der Waals surface area contributed by atoms with Gasteiger partial charge in [0.2, 0.25) is 6.79 Å². The summed E-state index contributed by atoms with van der Waals surface area (Å²) < 4.78 is 17.0. The molecular formula is C20H11BrN2O5. The number of furan rings is 1. The van der Waals surface area contributed by atoms with E-state index in [-0.39, 0.29) is 12.5 Å². The van der Waals surface area contributed by atoms with E-state index in [0.717, 1.165) is 0 Å². The predicted molar refractivity (Wildman–Crippen MR) is 105 cm³/mol. The normalized spacial score (nSPS) is 12.6. The Balaban J connectivity index is 1.65. The first-order chi connectivity index (χ1) is 13.5. The Labute approximate surface area is 167 Å². The van der Waals surface area contributed by atoms with E-state index >= 15 is 0 Å². The van der Waals surface area contributed by atoms with Crippen molar-refractivity contribution in [2.45, 2.75) is 0 Å². The number of nitro benzene ring substituents is 1. The molecule has 0 saturated heterocycles. The second-order valence-electron chi connectivity index (χ2n) is 5.86. The number of benzene rings is 2. The molecule has 0 unspecified atom stereocenters. The Hall–Kier alpha value is -3.57. The van der Waals surface area contributed by atoms with Crippen LogP contribution in [0, 0.1) is 21.4 Å². The van der Waals surface area contributed by atoms with Crippen LogP contribution in [-0.2, 0) is 0 Å². The van der Waals surface area contributed by atoms with Gasteiger partial charge < -0.3 is 13.9 Å². The van der Waals surface area contributed by atoms with Gasteiger partial charge in [-0.3, -0.25) is 10.1 Å². The highest BCUT2D eigenvalue weighted by Gasteiger charge is 2.16. The van der Waals surface area contributed by atoms with Crippen LogP contribution in [0.5, 0.6) is 11.5 Å². The third kappa shape index (κ3) is 3.35. The van der Waals surface area contributed by atoms with Gasteiger partial charge in [-0.15, -0.1) is 0 Å². The number of nitro groups is 1. The summed E-state index contributed by atoms with van der Waals surface area (Å²) in [6.07, 6.45) is 1.63. The van der Waals surface area contributed by atoms with Crippen LogP contribution in [0.1, 0.15) is 11.3 Å². The Kier molecular flexibility index (Phi) is 4.59. The van der Waals surface area contributed by atoms with Gasteiger partial charge in [0.1, 0.15) is 11.5 Å². The predicted octanol–water partition coefficient (Wildman–Crippen LogP) is 5.41. The Morgan fingerprint density at radius 1 is 1.14 bits per heavy atom. The lowest BCUT2D eigenvalue weighted by Crippen LogP contribution is -1.92. The molecule has 2 heterocycles. The van der Waals surface area contributed by atoms with E-state index in [1.807, 2.05) is 0 Å². The number of hydrogen-bond donors (Lipinski definition) is 0. The molecule has 0 fully saturated rings. The summed E-state index contributed by atoms with van der Waals surface area (Å²) in [7, 11) is 0. The quantitative estimate of drug-likeness (QED) is 0.306. The summed E-state index contributed by atoms with van der Waals surface area (Å²) in [5.41, 5.74) is 1.74. The molecule has 7 nitrogen and oxygen atoms in total. The van der Waals surface area contributed by atoms with E-state index in [1.165, 1.54) is 12.1 Å². The maximum atomic E-state index is 10.9. The SMILES string of the molecule is N#CC(=Cc1ccc(-c2ccc([N+](=O)[O-])cc2Br)o1)c1ccc2c(c1)OCO2. The lowest BCUT2D eigenvalue weighted by molar-refractivity contribution is -0.384. The highest BCUT2D eigenvalue weighted by atomic mass is 79.9. The summed E-state index contributed by atoms with van der Waals surface area (Å²) in [5, 5.41) is 20.4. The van der Waals surface area contributed by atoms with Gasteiger partial charge in [0.25, 0.3) is 5.69 Å². The number of nitrogens with zero attached hydrogens (tertiary/aromatic N) is 2. The first-order valence-electron chi connectivity index (χ1n) is 8.11. The van der Waals surface area contributed by atoms with Crippen molar-refractivity contribution in [2.75, 3.05) is 6.79 Å². The molecule has 1 aliphatic heterocycles. The number of rotatable bonds is 4. The van der Waals surface area contributed by atoms with Crippen molar-refractivity contribution < 1.29 is 18.8 Å². The van der Waals surface area contributed by atoms with Crippen LogP contribution in [-0.4, -0.2) is 11.7 Å². The smallest absolute Gasteiger partial charge is 0.270 e. The summed E-state index contributed by atoms with van der Waals surface area (Å²) in [6.45, 7) is 0.163. The molecular weight excluding hydrogens is 428 g/mol. The van der Waals surface area contributed by atoms with Crippen molar-refractivity contribution in [3.63, 3.8) is 0 Å². The highest BCUT2D eigenvalue weighted by molar-refractivity contribution is 9.10. The zero-order valence-electron chi connectivity index (χ0n) is 14.2. The Bertz CT molecular complexity index is 1160. The lowest BCUT2D eigenvalue weighted by atomic mass is 10.1.